The minimum absolute atomic E-state index is 0.631. The number of para-hydroxylation sites is 1. The van der Waals surface area contributed by atoms with E-state index in [9.17, 15) is 0 Å². The van der Waals surface area contributed by atoms with Crippen LogP contribution in [0.2, 0.25) is 0 Å². The zero-order valence-corrected chi connectivity index (χ0v) is 8.21. The van der Waals surface area contributed by atoms with Crippen LogP contribution in [-0.2, 0) is 0 Å². The van der Waals surface area contributed by atoms with Gasteiger partial charge in [0.05, 0.1) is 11.4 Å². The van der Waals surface area contributed by atoms with E-state index in [1.165, 1.54) is 0 Å². The highest BCUT2D eigenvalue weighted by Gasteiger charge is 1.96. The minimum Gasteiger partial charge on any atom is -0.397 e. The van der Waals surface area contributed by atoms with Gasteiger partial charge in [-0.15, -0.1) is 0 Å². The van der Waals surface area contributed by atoms with Gasteiger partial charge in [0, 0.05) is 5.33 Å². The molecule has 1 aromatic carbocycles. The van der Waals surface area contributed by atoms with E-state index in [0.29, 0.717) is 11.4 Å². The molecule has 0 amide bonds. The van der Waals surface area contributed by atoms with Gasteiger partial charge in [-0.1, -0.05) is 40.2 Å². The van der Waals surface area contributed by atoms with E-state index < -0.39 is 0 Å². The third-order valence-corrected chi connectivity index (χ3v) is 1.93. The highest BCUT2D eigenvalue weighted by atomic mass is 79.9. The van der Waals surface area contributed by atoms with Gasteiger partial charge in [-0.25, -0.2) is 0 Å². The van der Waals surface area contributed by atoms with Gasteiger partial charge in [0.25, 0.3) is 0 Å². The number of halogens is 1. The Morgan fingerprint density at radius 2 is 2.08 bits per heavy atom. The first kappa shape index (κ1) is 9.13. The normalized spacial score (nSPS) is 10.8. The molecule has 0 aliphatic rings. The first-order chi connectivity index (χ1) is 5.75. The number of rotatable bonds is 2. The molecule has 12 heavy (non-hydrogen) atoms. The molecule has 2 nitrogen and oxygen atoms in total. The van der Waals surface area contributed by atoms with Crippen LogP contribution in [0.1, 0.15) is 5.56 Å². The summed E-state index contributed by atoms with van der Waals surface area (Å²) >= 11 is 3.29. The molecule has 1 rings (SSSR count). The number of nitrogens with two attached hydrogens (primary N) is 2. The summed E-state index contributed by atoms with van der Waals surface area (Å²) in [5.41, 5.74) is 13.6. The van der Waals surface area contributed by atoms with Crippen molar-refractivity contribution in [2.24, 2.45) is 0 Å². The lowest BCUT2D eigenvalue weighted by atomic mass is 10.1. The Balaban J connectivity index is 3.00. The summed E-state index contributed by atoms with van der Waals surface area (Å²) in [7, 11) is 0. The van der Waals surface area contributed by atoms with Gasteiger partial charge in [-0.2, -0.15) is 0 Å². The van der Waals surface area contributed by atoms with Crippen LogP contribution >= 0.6 is 15.9 Å². The Bertz CT molecular complexity index is 295. The second-order valence-electron chi connectivity index (χ2n) is 2.41. The van der Waals surface area contributed by atoms with Gasteiger partial charge >= 0.3 is 0 Å². The second kappa shape index (κ2) is 4.16. The lowest BCUT2D eigenvalue weighted by molar-refractivity contribution is 1.62. The average Bonchev–Trinajstić information content (AvgIpc) is 2.08. The van der Waals surface area contributed by atoms with Crippen molar-refractivity contribution in [3.63, 3.8) is 0 Å². The molecule has 3 heteroatoms. The maximum absolute atomic E-state index is 5.73. The quantitative estimate of drug-likeness (QED) is 0.601. The van der Waals surface area contributed by atoms with Gasteiger partial charge in [-0.05, 0) is 11.6 Å². The summed E-state index contributed by atoms with van der Waals surface area (Å²) in [5.74, 6) is 0. The number of allylic oxidation sites excluding steroid dienone is 1. The number of nitrogen functional groups attached to an aromatic ring is 2. The van der Waals surface area contributed by atoms with Crippen LogP contribution in [0.25, 0.3) is 6.08 Å². The van der Waals surface area contributed by atoms with Crippen LogP contribution in [0.4, 0.5) is 11.4 Å². The third-order valence-electron chi connectivity index (χ3n) is 1.56. The summed E-state index contributed by atoms with van der Waals surface area (Å²) in [4.78, 5) is 0. The van der Waals surface area contributed by atoms with Crippen molar-refractivity contribution >= 4 is 33.4 Å². The summed E-state index contributed by atoms with van der Waals surface area (Å²) < 4.78 is 0. The topological polar surface area (TPSA) is 52.0 Å². The molecular weight excluding hydrogens is 216 g/mol. The zero-order valence-electron chi connectivity index (χ0n) is 6.63. The van der Waals surface area contributed by atoms with Gasteiger partial charge in [0.1, 0.15) is 0 Å². The standard InChI is InChI=1S/C9H11BrN2/c10-6-2-4-7-3-1-5-8(11)9(7)12/h1-5H,6,11-12H2. The molecular formula is C9H11BrN2. The molecule has 64 valence electrons. The molecule has 0 aliphatic carbocycles. The molecule has 0 aliphatic heterocycles. The smallest absolute Gasteiger partial charge is 0.0621 e. The van der Waals surface area contributed by atoms with Crippen LogP contribution in [-0.4, -0.2) is 5.33 Å². The number of hydrogen-bond acceptors (Lipinski definition) is 2. The maximum Gasteiger partial charge on any atom is 0.0621 e. The first-order valence-corrected chi connectivity index (χ1v) is 4.74. The summed E-state index contributed by atoms with van der Waals surface area (Å²) in [5, 5.41) is 0.821. The van der Waals surface area contributed by atoms with Crippen molar-refractivity contribution in [1.29, 1.82) is 0 Å². The lowest BCUT2D eigenvalue weighted by Crippen LogP contribution is -1.96. The number of alkyl halides is 1. The zero-order chi connectivity index (χ0) is 8.97. The van der Waals surface area contributed by atoms with Gasteiger partial charge in [-0.3, -0.25) is 0 Å². The van der Waals surface area contributed by atoms with E-state index in [-0.39, 0.29) is 0 Å². The summed E-state index contributed by atoms with van der Waals surface area (Å²) in [6.45, 7) is 0. The third kappa shape index (κ3) is 2.01. The van der Waals surface area contributed by atoms with Crippen molar-refractivity contribution in [3.05, 3.63) is 29.8 Å². The van der Waals surface area contributed by atoms with E-state index >= 15 is 0 Å². The molecule has 0 fully saturated rings. The Hall–Kier alpha value is -0.960. The average molecular weight is 227 g/mol. The molecule has 0 aromatic heterocycles. The molecule has 0 atom stereocenters. The van der Waals surface area contributed by atoms with Crippen molar-refractivity contribution in [2.75, 3.05) is 16.8 Å². The maximum atomic E-state index is 5.73. The highest BCUT2D eigenvalue weighted by Crippen LogP contribution is 2.20. The molecule has 1 aromatic rings. The molecule has 0 unspecified atom stereocenters. The molecule has 4 N–H and O–H groups in total. The monoisotopic (exact) mass is 226 g/mol. The predicted molar refractivity (Wildman–Crippen MR) is 58.1 cm³/mol. The predicted octanol–water partition coefficient (Wildman–Crippen LogP) is 2.26. The molecule has 0 saturated carbocycles. The van der Waals surface area contributed by atoms with E-state index in [1.54, 1.807) is 6.07 Å². The largest absolute Gasteiger partial charge is 0.397 e. The fourth-order valence-electron chi connectivity index (χ4n) is 0.919. The minimum atomic E-state index is 0.631. The van der Waals surface area contributed by atoms with E-state index in [0.717, 1.165) is 10.9 Å². The number of anilines is 2. The van der Waals surface area contributed by atoms with Crippen LogP contribution in [0.3, 0.4) is 0 Å². The SMILES string of the molecule is Nc1cccc(C=CCBr)c1N. The second-order valence-corrected chi connectivity index (χ2v) is 3.05. The lowest BCUT2D eigenvalue weighted by Gasteiger charge is -2.02. The van der Waals surface area contributed by atoms with Crippen molar-refractivity contribution < 1.29 is 0 Å². The fraction of sp³-hybridized carbons (Fsp3) is 0.111. The Kier molecular flexibility index (Phi) is 3.17. The van der Waals surface area contributed by atoms with Gasteiger partial charge in [0.2, 0.25) is 0 Å². The van der Waals surface area contributed by atoms with E-state index in [2.05, 4.69) is 15.9 Å². The van der Waals surface area contributed by atoms with Crippen molar-refractivity contribution in [3.8, 4) is 0 Å². The highest BCUT2D eigenvalue weighted by molar-refractivity contribution is 9.09. The molecule has 0 radical (unpaired) electrons. The first-order valence-electron chi connectivity index (χ1n) is 3.62. The van der Waals surface area contributed by atoms with Gasteiger partial charge < -0.3 is 11.5 Å². The Morgan fingerprint density at radius 1 is 1.33 bits per heavy atom. The molecule has 0 bridgehead atoms. The van der Waals surface area contributed by atoms with Crippen LogP contribution in [0, 0.1) is 0 Å². The molecule has 0 spiro atoms. The van der Waals surface area contributed by atoms with Crippen LogP contribution in [0.15, 0.2) is 24.3 Å². The van der Waals surface area contributed by atoms with Crippen molar-refractivity contribution in [2.45, 2.75) is 0 Å². The molecule has 0 heterocycles. The number of benzene rings is 1. The molecule has 0 saturated heterocycles. The fourth-order valence-corrected chi connectivity index (χ4v) is 1.11. The Morgan fingerprint density at radius 3 is 2.75 bits per heavy atom. The van der Waals surface area contributed by atoms with Crippen LogP contribution in [0.5, 0.6) is 0 Å². The van der Waals surface area contributed by atoms with Gasteiger partial charge in [0.15, 0.2) is 0 Å². The van der Waals surface area contributed by atoms with Crippen LogP contribution < -0.4 is 11.5 Å². The van der Waals surface area contributed by atoms with Crippen molar-refractivity contribution in [1.82, 2.24) is 0 Å². The van der Waals surface area contributed by atoms with E-state index in [1.807, 2.05) is 24.3 Å². The van der Waals surface area contributed by atoms with E-state index in [4.69, 9.17) is 11.5 Å². The summed E-state index contributed by atoms with van der Waals surface area (Å²) in [6, 6.07) is 5.62. The summed E-state index contributed by atoms with van der Waals surface area (Å²) in [6.07, 6.45) is 3.92. The Labute approximate surface area is 80.4 Å². The number of hydrogen-bond donors (Lipinski definition) is 2.